The van der Waals surface area contributed by atoms with Crippen LogP contribution in [0.15, 0.2) is 24.3 Å². The summed E-state index contributed by atoms with van der Waals surface area (Å²) in [4.78, 5) is 10.5. The largest absolute Gasteiger partial charge is 0.479 e. The number of aliphatic carboxylic acids is 1. The van der Waals surface area contributed by atoms with Gasteiger partial charge in [-0.2, -0.15) is 0 Å². The first-order valence-corrected chi connectivity index (χ1v) is 5.97. The molecular weight excluding hydrogens is 216 g/mol. The van der Waals surface area contributed by atoms with E-state index in [9.17, 15) is 9.90 Å². The van der Waals surface area contributed by atoms with E-state index in [2.05, 4.69) is 13.8 Å². The molecule has 0 fully saturated rings. The van der Waals surface area contributed by atoms with Gasteiger partial charge < -0.3 is 10.2 Å². The van der Waals surface area contributed by atoms with E-state index >= 15 is 0 Å². The number of aryl methyl sites for hydroxylation is 1. The number of benzene rings is 1. The van der Waals surface area contributed by atoms with E-state index < -0.39 is 12.1 Å². The number of aliphatic hydroxyl groups excluding tert-OH is 1. The van der Waals surface area contributed by atoms with Gasteiger partial charge >= 0.3 is 5.97 Å². The third kappa shape index (κ3) is 5.00. The van der Waals surface area contributed by atoms with Crippen molar-refractivity contribution in [2.24, 2.45) is 5.92 Å². The first-order chi connectivity index (χ1) is 7.99. The molecule has 1 atom stereocenters. The van der Waals surface area contributed by atoms with E-state index in [1.165, 1.54) is 5.56 Å². The molecule has 0 saturated heterocycles. The number of hydrogen-bond acceptors (Lipinski definition) is 2. The fourth-order valence-corrected chi connectivity index (χ4v) is 1.61. The molecule has 3 nitrogen and oxygen atoms in total. The molecule has 0 spiro atoms. The number of carboxylic acid groups (broad SMARTS) is 1. The molecule has 94 valence electrons. The van der Waals surface area contributed by atoms with Crippen molar-refractivity contribution in [3.8, 4) is 0 Å². The number of hydrogen-bond donors (Lipinski definition) is 2. The lowest BCUT2D eigenvalue weighted by atomic mass is 10.0. The summed E-state index contributed by atoms with van der Waals surface area (Å²) in [6, 6.07) is 7.79. The Hall–Kier alpha value is -1.35. The molecule has 1 aromatic rings. The molecule has 1 unspecified atom stereocenters. The predicted molar refractivity (Wildman–Crippen MR) is 66.9 cm³/mol. The van der Waals surface area contributed by atoms with Crippen LogP contribution < -0.4 is 0 Å². The Balaban J connectivity index is 2.53. The topological polar surface area (TPSA) is 57.5 Å². The standard InChI is InChI=1S/C14H20O3/c1-10(2)3-4-11-5-7-12(8-6-11)9-13(15)14(16)17/h5-8,10,13,15H,3-4,9H2,1-2H3,(H,16,17). The van der Waals surface area contributed by atoms with Crippen LogP contribution in [0, 0.1) is 5.92 Å². The number of rotatable bonds is 6. The lowest BCUT2D eigenvalue weighted by molar-refractivity contribution is -0.146. The Morgan fingerprint density at radius 2 is 1.71 bits per heavy atom. The number of carbonyl (C=O) groups is 1. The van der Waals surface area contributed by atoms with Crippen LogP contribution in [0.5, 0.6) is 0 Å². The summed E-state index contributed by atoms with van der Waals surface area (Å²) in [6.07, 6.45) is 1.05. The van der Waals surface area contributed by atoms with Gasteiger partial charge in [0.05, 0.1) is 0 Å². The van der Waals surface area contributed by atoms with E-state index in [1.807, 2.05) is 24.3 Å². The molecule has 2 N–H and O–H groups in total. The monoisotopic (exact) mass is 236 g/mol. The van der Waals surface area contributed by atoms with E-state index in [4.69, 9.17) is 5.11 Å². The minimum atomic E-state index is -1.31. The zero-order valence-electron chi connectivity index (χ0n) is 10.4. The Bertz CT molecular complexity index is 354. The quantitative estimate of drug-likeness (QED) is 0.796. The summed E-state index contributed by atoms with van der Waals surface area (Å²) < 4.78 is 0. The van der Waals surface area contributed by atoms with Crippen molar-refractivity contribution in [3.05, 3.63) is 35.4 Å². The molecule has 0 radical (unpaired) electrons. The van der Waals surface area contributed by atoms with Crippen LogP contribution >= 0.6 is 0 Å². The molecule has 0 aliphatic carbocycles. The number of carboxylic acids is 1. The molecule has 1 rings (SSSR count). The van der Waals surface area contributed by atoms with Crippen LogP contribution in [0.2, 0.25) is 0 Å². The fraction of sp³-hybridized carbons (Fsp3) is 0.500. The van der Waals surface area contributed by atoms with Gasteiger partial charge in [-0.05, 0) is 29.9 Å². The highest BCUT2D eigenvalue weighted by atomic mass is 16.4. The van der Waals surface area contributed by atoms with Crippen LogP contribution in [0.25, 0.3) is 0 Å². The summed E-state index contributed by atoms with van der Waals surface area (Å²) in [7, 11) is 0. The minimum absolute atomic E-state index is 0.166. The smallest absolute Gasteiger partial charge is 0.332 e. The maximum Gasteiger partial charge on any atom is 0.332 e. The van der Waals surface area contributed by atoms with Crippen LogP contribution in [0.4, 0.5) is 0 Å². The van der Waals surface area contributed by atoms with Gasteiger partial charge in [0.25, 0.3) is 0 Å². The lowest BCUT2D eigenvalue weighted by Crippen LogP contribution is -2.21. The third-order valence-electron chi connectivity index (χ3n) is 2.75. The van der Waals surface area contributed by atoms with Gasteiger partial charge in [0.1, 0.15) is 0 Å². The highest BCUT2D eigenvalue weighted by Gasteiger charge is 2.13. The Labute approximate surface area is 102 Å². The second-order valence-corrected chi connectivity index (χ2v) is 4.81. The molecular formula is C14H20O3. The van der Waals surface area contributed by atoms with Crippen molar-refractivity contribution in [1.82, 2.24) is 0 Å². The molecule has 0 aromatic heterocycles. The Morgan fingerprint density at radius 1 is 1.18 bits per heavy atom. The second-order valence-electron chi connectivity index (χ2n) is 4.81. The molecule has 0 aliphatic rings. The van der Waals surface area contributed by atoms with Crippen molar-refractivity contribution in [2.45, 2.75) is 39.2 Å². The van der Waals surface area contributed by atoms with Crippen molar-refractivity contribution < 1.29 is 15.0 Å². The van der Waals surface area contributed by atoms with E-state index in [1.54, 1.807) is 0 Å². The van der Waals surface area contributed by atoms with E-state index in [-0.39, 0.29) is 6.42 Å². The van der Waals surface area contributed by atoms with Gasteiger partial charge in [0.15, 0.2) is 6.10 Å². The first-order valence-electron chi connectivity index (χ1n) is 5.97. The summed E-state index contributed by atoms with van der Waals surface area (Å²) in [5, 5.41) is 17.8. The van der Waals surface area contributed by atoms with Gasteiger partial charge in [0.2, 0.25) is 0 Å². The van der Waals surface area contributed by atoms with Gasteiger partial charge in [-0.3, -0.25) is 0 Å². The Morgan fingerprint density at radius 3 is 2.18 bits per heavy atom. The van der Waals surface area contributed by atoms with Crippen LogP contribution in [0.3, 0.4) is 0 Å². The maximum absolute atomic E-state index is 10.5. The van der Waals surface area contributed by atoms with Gasteiger partial charge in [-0.1, -0.05) is 38.1 Å². The molecule has 0 bridgehead atoms. The van der Waals surface area contributed by atoms with Gasteiger partial charge in [-0.25, -0.2) is 4.79 Å². The first kappa shape index (κ1) is 13.7. The van der Waals surface area contributed by atoms with Crippen molar-refractivity contribution >= 4 is 5.97 Å². The van der Waals surface area contributed by atoms with Crippen molar-refractivity contribution in [2.75, 3.05) is 0 Å². The highest BCUT2D eigenvalue weighted by Crippen LogP contribution is 2.11. The van der Waals surface area contributed by atoms with E-state index in [0.717, 1.165) is 18.4 Å². The summed E-state index contributed by atoms with van der Waals surface area (Å²) >= 11 is 0. The Kier molecular flexibility index (Phi) is 5.16. The normalized spacial score (nSPS) is 12.7. The van der Waals surface area contributed by atoms with Crippen molar-refractivity contribution in [3.63, 3.8) is 0 Å². The van der Waals surface area contributed by atoms with Crippen LogP contribution in [-0.4, -0.2) is 22.3 Å². The molecule has 0 heterocycles. The van der Waals surface area contributed by atoms with E-state index in [0.29, 0.717) is 5.92 Å². The average molecular weight is 236 g/mol. The third-order valence-corrected chi connectivity index (χ3v) is 2.75. The van der Waals surface area contributed by atoms with Crippen LogP contribution in [-0.2, 0) is 17.6 Å². The number of aliphatic hydroxyl groups is 1. The molecule has 3 heteroatoms. The second kappa shape index (κ2) is 6.40. The SMILES string of the molecule is CC(C)CCc1ccc(CC(O)C(=O)O)cc1. The summed E-state index contributed by atoms with van der Waals surface area (Å²) in [6.45, 7) is 4.38. The zero-order valence-corrected chi connectivity index (χ0v) is 10.4. The van der Waals surface area contributed by atoms with Crippen molar-refractivity contribution in [1.29, 1.82) is 0 Å². The molecule has 1 aromatic carbocycles. The summed E-state index contributed by atoms with van der Waals surface area (Å²) in [5.41, 5.74) is 2.11. The molecule has 17 heavy (non-hydrogen) atoms. The highest BCUT2D eigenvalue weighted by molar-refractivity contribution is 5.72. The van der Waals surface area contributed by atoms with Gasteiger partial charge in [0, 0.05) is 6.42 Å². The summed E-state index contributed by atoms with van der Waals surface area (Å²) in [5.74, 6) is -0.489. The molecule has 0 aliphatic heterocycles. The maximum atomic E-state index is 10.5. The zero-order chi connectivity index (χ0) is 12.8. The van der Waals surface area contributed by atoms with Gasteiger partial charge in [-0.15, -0.1) is 0 Å². The molecule has 0 saturated carbocycles. The molecule has 0 amide bonds. The minimum Gasteiger partial charge on any atom is -0.479 e. The average Bonchev–Trinajstić information content (AvgIpc) is 2.28. The van der Waals surface area contributed by atoms with Crippen LogP contribution in [0.1, 0.15) is 31.4 Å². The predicted octanol–water partition coefficient (Wildman–Crippen LogP) is 2.26. The lowest BCUT2D eigenvalue weighted by Gasteiger charge is -2.08. The fourth-order valence-electron chi connectivity index (χ4n) is 1.61.